The largest absolute Gasteiger partial charge is 0.397 e. The zero-order valence-corrected chi connectivity index (χ0v) is 28.7. The number of hydrogen-bond donors (Lipinski definition) is 5. The van der Waals surface area contributed by atoms with E-state index in [1.54, 1.807) is 0 Å². The molecule has 252 valence electrons. The number of hydrogen-bond acceptors (Lipinski definition) is 7. The minimum atomic E-state index is -4.45. The first-order valence-electron chi connectivity index (χ1n) is 17.8. The SMILES string of the molecule is CC(C)[C@@H](CC[C@@H](C)[C@H]1CC[C@H]2[C@@H]3[C@H](O)CC4C[C@@H](NCCCNCCCCN)CC[C@]4(C)[C@H]3CC[C@]12C)OS(=O)(=O)O. The molecule has 0 radical (unpaired) electrons. The van der Waals surface area contributed by atoms with Crippen molar-refractivity contribution in [1.82, 2.24) is 10.6 Å². The van der Waals surface area contributed by atoms with Gasteiger partial charge in [-0.25, -0.2) is 4.18 Å². The third-order valence-corrected chi connectivity index (χ3v) is 13.6. The van der Waals surface area contributed by atoms with Gasteiger partial charge >= 0.3 is 10.4 Å². The van der Waals surface area contributed by atoms with Crippen LogP contribution >= 0.6 is 0 Å². The van der Waals surface area contributed by atoms with Crippen molar-refractivity contribution in [2.24, 2.45) is 58.0 Å². The highest BCUT2D eigenvalue weighted by atomic mass is 32.3. The summed E-state index contributed by atoms with van der Waals surface area (Å²) < 4.78 is 37.1. The topological polar surface area (TPSA) is 134 Å². The van der Waals surface area contributed by atoms with Gasteiger partial charge in [0.15, 0.2) is 0 Å². The molecule has 4 fully saturated rings. The van der Waals surface area contributed by atoms with Gasteiger partial charge in [-0.1, -0.05) is 34.6 Å². The second kappa shape index (κ2) is 15.1. The average Bonchev–Trinajstić information content (AvgIpc) is 3.29. The molecular weight excluding hydrogens is 562 g/mol. The predicted molar refractivity (Wildman–Crippen MR) is 174 cm³/mol. The van der Waals surface area contributed by atoms with Crippen LogP contribution in [0.25, 0.3) is 0 Å². The maximum absolute atomic E-state index is 11.8. The third kappa shape index (κ3) is 8.36. The van der Waals surface area contributed by atoms with Gasteiger partial charge in [0.2, 0.25) is 0 Å². The average molecular weight is 628 g/mol. The second-order valence-electron chi connectivity index (χ2n) is 15.9. The molecule has 0 aliphatic heterocycles. The van der Waals surface area contributed by atoms with Gasteiger partial charge in [0.1, 0.15) is 0 Å². The van der Waals surface area contributed by atoms with Gasteiger partial charge < -0.3 is 21.5 Å². The van der Waals surface area contributed by atoms with Gasteiger partial charge in [0.05, 0.1) is 12.2 Å². The molecule has 0 amide bonds. The van der Waals surface area contributed by atoms with Crippen LogP contribution < -0.4 is 16.4 Å². The number of aliphatic hydroxyl groups is 1. The van der Waals surface area contributed by atoms with E-state index >= 15 is 0 Å². The zero-order valence-electron chi connectivity index (χ0n) is 27.9. The van der Waals surface area contributed by atoms with Crippen molar-refractivity contribution in [2.45, 2.75) is 136 Å². The van der Waals surface area contributed by atoms with E-state index in [1.807, 2.05) is 13.8 Å². The summed E-state index contributed by atoms with van der Waals surface area (Å²) >= 11 is 0. The molecule has 4 saturated carbocycles. The molecule has 11 atom stereocenters. The summed E-state index contributed by atoms with van der Waals surface area (Å²) in [7, 11) is -4.45. The van der Waals surface area contributed by atoms with Gasteiger partial charge in [-0.05, 0) is 162 Å². The number of nitrogens with two attached hydrogens (primary N) is 1. The van der Waals surface area contributed by atoms with Gasteiger partial charge in [-0.2, -0.15) is 8.42 Å². The number of unbranched alkanes of at least 4 members (excludes halogenated alkanes) is 1. The molecule has 43 heavy (non-hydrogen) atoms. The Morgan fingerprint density at radius 3 is 2.30 bits per heavy atom. The van der Waals surface area contributed by atoms with Crippen LogP contribution in [0.5, 0.6) is 0 Å². The van der Waals surface area contributed by atoms with Gasteiger partial charge in [0.25, 0.3) is 0 Å². The molecular formula is C34H65N3O5S. The summed E-state index contributed by atoms with van der Waals surface area (Å²) in [5, 5.41) is 19.2. The summed E-state index contributed by atoms with van der Waals surface area (Å²) in [6.07, 6.45) is 13.7. The smallest absolute Gasteiger partial charge is 0.393 e. The molecule has 4 rings (SSSR count). The minimum Gasteiger partial charge on any atom is -0.393 e. The highest BCUT2D eigenvalue weighted by molar-refractivity contribution is 7.80. The van der Waals surface area contributed by atoms with Crippen LogP contribution in [0.3, 0.4) is 0 Å². The molecule has 0 aromatic heterocycles. The number of nitrogens with one attached hydrogen (secondary N) is 2. The lowest BCUT2D eigenvalue weighted by Gasteiger charge is -2.62. The van der Waals surface area contributed by atoms with Crippen LogP contribution in [0.1, 0.15) is 118 Å². The van der Waals surface area contributed by atoms with Crippen molar-refractivity contribution in [3.63, 3.8) is 0 Å². The fourth-order valence-electron chi connectivity index (χ4n) is 10.7. The van der Waals surface area contributed by atoms with Crippen LogP contribution in [-0.2, 0) is 14.6 Å². The lowest BCUT2D eigenvalue weighted by atomic mass is 9.43. The standard InChI is InChI=1S/C34H65N3O5S/c1-23(2)31(42-43(39,40)41)12-9-24(3)27-10-11-28-32-29(14-16-34(27,28)5)33(4)15-13-26(21-25(33)22-30(32)38)37-20-8-19-36-18-7-6-17-35/h23-32,36-38H,6-22,35H2,1-5H3,(H,39,40,41)/t24-,25?,26+,27-,28+,29+,30-,31-,32+,33+,34-/m1/s1. The number of rotatable bonds is 16. The van der Waals surface area contributed by atoms with Gasteiger partial charge in [-0.3, -0.25) is 4.55 Å². The molecule has 0 spiro atoms. The van der Waals surface area contributed by atoms with Gasteiger partial charge in [-0.15, -0.1) is 0 Å². The van der Waals surface area contributed by atoms with E-state index in [1.165, 1.54) is 44.9 Å². The Morgan fingerprint density at radius 2 is 1.60 bits per heavy atom. The number of fused-ring (bicyclic) bond motifs is 5. The summed E-state index contributed by atoms with van der Waals surface area (Å²) in [6, 6.07) is 0.573. The summed E-state index contributed by atoms with van der Waals surface area (Å²) in [5.74, 6) is 3.21. The maximum atomic E-state index is 11.8. The van der Waals surface area contributed by atoms with Crippen LogP contribution in [0.15, 0.2) is 0 Å². The van der Waals surface area contributed by atoms with Crippen LogP contribution in [0, 0.1) is 52.3 Å². The molecule has 9 heteroatoms. The molecule has 1 unspecified atom stereocenters. The Bertz CT molecular complexity index is 981. The molecule has 0 heterocycles. The summed E-state index contributed by atoms with van der Waals surface area (Å²) in [5.41, 5.74) is 6.13. The Kier molecular flexibility index (Phi) is 12.5. The lowest BCUT2D eigenvalue weighted by molar-refractivity contribution is -0.167. The third-order valence-electron chi connectivity index (χ3n) is 13.1. The normalized spacial score (nSPS) is 39.2. The highest BCUT2D eigenvalue weighted by Gasteiger charge is 2.62. The molecule has 0 aromatic rings. The van der Waals surface area contributed by atoms with Gasteiger partial charge in [0, 0.05) is 6.04 Å². The van der Waals surface area contributed by atoms with Crippen molar-refractivity contribution >= 4 is 10.4 Å². The molecule has 0 aromatic carbocycles. The van der Waals surface area contributed by atoms with Crippen LogP contribution in [0.2, 0.25) is 0 Å². The van der Waals surface area contributed by atoms with E-state index in [-0.39, 0.29) is 17.4 Å². The second-order valence-corrected chi connectivity index (χ2v) is 17.0. The Hall–Kier alpha value is -0.290. The maximum Gasteiger partial charge on any atom is 0.397 e. The predicted octanol–water partition coefficient (Wildman–Crippen LogP) is 5.55. The quantitative estimate of drug-likeness (QED) is 0.111. The highest BCUT2D eigenvalue weighted by Crippen LogP contribution is 2.68. The summed E-state index contributed by atoms with van der Waals surface area (Å²) in [4.78, 5) is 0. The molecule has 8 nitrogen and oxygen atoms in total. The number of aliphatic hydroxyl groups excluding tert-OH is 1. The van der Waals surface area contributed by atoms with E-state index in [0.717, 1.165) is 58.3 Å². The van der Waals surface area contributed by atoms with E-state index in [2.05, 4.69) is 31.4 Å². The first kappa shape index (κ1) is 35.6. The zero-order chi connectivity index (χ0) is 31.4. The molecule has 0 bridgehead atoms. The van der Waals surface area contributed by atoms with E-state index in [4.69, 9.17) is 9.92 Å². The van der Waals surface area contributed by atoms with Crippen molar-refractivity contribution in [3.05, 3.63) is 0 Å². The first-order valence-corrected chi connectivity index (χ1v) is 19.1. The van der Waals surface area contributed by atoms with E-state index in [9.17, 15) is 18.1 Å². The molecule has 4 aliphatic carbocycles. The molecule has 6 N–H and O–H groups in total. The minimum absolute atomic E-state index is 0.0152. The Labute approximate surface area is 263 Å². The fraction of sp³-hybridized carbons (Fsp3) is 1.00. The van der Waals surface area contributed by atoms with Crippen molar-refractivity contribution < 1.29 is 22.3 Å². The lowest BCUT2D eigenvalue weighted by Crippen LogP contribution is -2.59. The molecule has 0 saturated heterocycles. The molecule has 4 aliphatic rings. The van der Waals surface area contributed by atoms with E-state index < -0.39 is 16.5 Å². The summed E-state index contributed by atoms with van der Waals surface area (Å²) in [6.45, 7) is 15.3. The van der Waals surface area contributed by atoms with Crippen molar-refractivity contribution in [3.8, 4) is 0 Å². The van der Waals surface area contributed by atoms with E-state index in [0.29, 0.717) is 53.4 Å². The van der Waals surface area contributed by atoms with Crippen LogP contribution in [0.4, 0.5) is 0 Å². The van der Waals surface area contributed by atoms with Crippen molar-refractivity contribution in [2.75, 3.05) is 26.2 Å². The van der Waals surface area contributed by atoms with Crippen molar-refractivity contribution in [1.29, 1.82) is 0 Å². The van der Waals surface area contributed by atoms with Crippen LogP contribution in [-0.4, -0.2) is 62.5 Å². The Morgan fingerprint density at radius 1 is 0.907 bits per heavy atom. The monoisotopic (exact) mass is 627 g/mol. The first-order chi connectivity index (χ1) is 20.3. The fourth-order valence-corrected chi connectivity index (χ4v) is 11.3. The Balaban J connectivity index is 1.32.